The summed E-state index contributed by atoms with van der Waals surface area (Å²) >= 11 is 0. The Kier molecular flexibility index (Phi) is 1.99. The number of rotatable bonds is 1. The maximum Gasteiger partial charge on any atom is 0.152 e. The first-order chi connectivity index (χ1) is 3.18. The third kappa shape index (κ3) is 1.87. The molecule has 0 heterocycles. The quantitative estimate of drug-likeness (QED) is 0.387. The lowest BCUT2D eigenvalue weighted by molar-refractivity contribution is 0.328. The standard InChI is InChI=1S/C5H8O2/c1-3-5(7)4(2)6/h3,6-7H,2H2,1H3/b5-3-. The Morgan fingerprint density at radius 2 is 2.00 bits per heavy atom. The van der Waals surface area contributed by atoms with Crippen LogP contribution in [0.25, 0.3) is 0 Å². The topological polar surface area (TPSA) is 40.5 Å². The van der Waals surface area contributed by atoms with Crippen molar-refractivity contribution >= 4 is 0 Å². The van der Waals surface area contributed by atoms with Gasteiger partial charge in [0.15, 0.2) is 5.76 Å². The van der Waals surface area contributed by atoms with Crippen molar-refractivity contribution in [2.24, 2.45) is 0 Å². The Morgan fingerprint density at radius 1 is 1.57 bits per heavy atom. The molecular formula is C5H8O2. The van der Waals surface area contributed by atoms with Gasteiger partial charge in [-0.2, -0.15) is 0 Å². The molecule has 0 aliphatic heterocycles. The van der Waals surface area contributed by atoms with Crippen molar-refractivity contribution in [3.8, 4) is 0 Å². The molecule has 0 fully saturated rings. The summed E-state index contributed by atoms with van der Waals surface area (Å²) in [5, 5.41) is 16.8. The Hall–Kier alpha value is -0.920. The average molecular weight is 100 g/mol. The second-order valence-corrected chi connectivity index (χ2v) is 1.12. The summed E-state index contributed by atoms with van der Waals surface area (Å²) in [7, 11) is 0. The van der Waals surface area contributed by atoms with E-state index in [9.17, 15) is 0 Å². The van der Waals surface area contributed by atoms with Gasteiger partial charge in [-0.3, -0.25) is 0 Å². The van der Waals surface area contributed by atoms with Gasteiger partial charge in [0, 0.05) is 0 Å². The SMILES string of the molecule is C=C(O)/C(O)=C/C. The lowest BCUT2D eigenvalue weighted by Gasteiger charge is -1.89. The van der Waals surface area contributed by atoms with Gasteiger partial charge < -0.3 is 10.2 Å². The van der Waals surface area contributed by atoms with Crippen molar-refractivity contribution in [2.75, 3.05) is 0 Å². The third-order valence-corrected chi connectivity index (χ3v) is 0.569. The zero-order valence-electron chi connectivity index (χ0n) is 4.18. The highest BCUT2D eigenvalue weighted by atomic mass is 16.3. The number of hydrogen-bond donors (Lipinski definition) is 2. The Balaban J connectivity index is 3.82. The van der Waals surface area contributed by atoms with Crippen LogP contribution in [-0.2, 0) is 0 Å². The van der Waals surface area contributed by atoms with Crippen LogP contribution in [0.15, 0.2) is 24.2 Å². The second kappa shape index (κ2) is 2.29. The Bertz CT molecular complexity index is 103. The summed E-state index contributed by atoms with van der Waals surface area (Å²) in [4.78, 5) is 0. The molecule has 7 heavy (non-hydrogen) atoms. The molecule has 0 bridgehead atoms. The minimum atomic E-state index is -0.289. The van der Waals surface area contributed by atoms with Gasteiger partial charge in [-0.15, -0.1) is 0 Å². The first-order valence-electron chi connectivity index (χ1n) is 1.92. The van der Waals surface area contributed by atoms with E-state index in [0.29, 0.717) is 0 Å². The van der Waals surface area contributed by atoms with Crippen molar-refractivity contribution in [2.45, 2.75) is 6.92 Å². The van der Waals surface area contributed by atoms with Gasteiger partial charge in [0.1, 0.15) is 5.76 Å². The fraction of sp³-hybridized carbons (Fsp3) is 0.200. The van der Waals surface area contributed by atoms with Crippen LogP contribution in [0.2, 0.25) is 0 Å². The number of hydrogen-bond acceptors (Lipinski definition) is 2. The van der Waals surface area contributed by atoms with Crippen molar-refractivity contribution in [3.05, 3.63) is 24.2 Å². The average Bonchev–Trinajstić information content (AvgIpc) is 1.65. The molecule has 0 radical (unpaired) electrons. The van der Waals surface area contributed by atoms with Crippen LogP contribution in [-0.4, -0.2) is 10.2 Å². The van der Waals surface area contributed by atoms with Gasteiger partial charge in [-0.05, 0) is 13.0 Å². The minimum Gasteiger partial charge on any atom is -0.505 e. The Morgan fingerprint density at radius 3 is 2.00 bits per heavy atom. The van der Waals surface area contributed by atoms with E-state index in [1.54, 1.807) is 6.92 Å². The van der Waals surface area contributed by atoms with Gasteiger partial charge in [0.2, 0.25) is 0 Å². The van der Waals surface area contributed by atoms with Crippen LogP contribution in [0.4, 0.5) is 0 Å². The van der Waals surface area contributed by atoms with E-state index in [0.717, 1.165) is 0 Å². The molecule has 0 saturated heterocycles. The molecule has 2 heteroatoms. The summed E-state index contributed by atoms with van der Waals surface area (Å²) in [6.07, 6.45) is 1.36. The maximum absolute atomic E-state index is 8.45. The minimum absolute atomic E-state index is 0.167. The van der Waals surface area contributed by atoms with E-state index >= 15 is 0 Å². The molecule has 0 unspecified atom stereocenters. The first kappa shape index (κ1) is 6.08. The summed E-state index contributed by atoms with van der Waals surface area (Å²) in [5.41, 5.74) is 0. The van der Waals surface area contributed by atoms with E-state index in [2.05, 4.69) is 6.58 Å². The first-order valence-corrected chi connectivity index (χ1v) is 1.92. The molecule has 0 saturated carbocycles. The fourth-order valence-corrected chi connectivity index (χ4v) is 0.167. The predicted octanol–water partition coefficient (Wildman–Crippen LogP) is 1.52. The number of allylic oxidation sites excluding steroid dienone is 1. The van der Waals surface area contributed by atoms with Gasteiger partial charge in [-0.25, -0.2) is 0 Å². The van der Waals surface area contributed by atoms with Crippen LogP contribution in [0.5, 0.6) is 0 Å². The van der Waals surface area contributed by atoms with Gasteiger partial charge in [0.05, 0.1) is 0 Å². The molecule has 0 aliphatic rings. The lowest BCUT2D eigenvalue weighted by atomic mass is 10.4. The third-order valence-electron chi connectivity index (χ3n) is 0.569. The molecule has 0 aromatic rings. The molecule has 0 aliphatic carbocycles. The van der Waals surface area contributed by atoms with E-state index in [4.69, 9.17) is 10.2 Å². The van der Waals surface area contributed by atoms with Crippen LogP contribution in [0.1, 0.15) is 6.92 Å². The highest BCUT2D eigenvalue weighted by molar-refractivity contribution is 5.11. The van der Waals surface area contributed by atoms with Crippen molar-refractivity contribution in [1.29, 1.82) is 0 Å². The van der Waals surface area contributed by atoms with Gasteiger partial charge in [-0.1, -0.05) is 6.58 Å². The molecule has 0 aromatic heterocycles. The Labute approximate surface area is 42.4 Å². The van der Waals surface area contributed by atoms with Crippen molar-refractivity contribution < 1.29 is 10.2 Å². The summed E-state index contributed by atoms with van der Waals surface area (Å²) in [6.45, 7) is 4.67. The van der Waals surface area contributed by atoms with Crippen LogP contribution < -0.4 is 0 Å². The molecule has 0 spiro atoms. The summed E-state index contributed by atoms with van der Waals surface area (Å²) in [5.74, 6) is -0.456. The van der Waals surface area contributed by atoms with E-state index in [1.807, 2.05) is 0 Å². The zero-order chi connectivity index (χ0) is 5.86. The van der Waals surface area contributed by atoms with Crippen molar-refractivity contribution in [1.82, 2.24) is 0 Å². The predicted molar refractivity (Wildman–Crippen MR) is 28.2 cm³/mol. The molecular weight excluding hydrogens is 92.1 g/mol. The lowest BCUT2D eigenvalue weighted by Crippen LogP contribution is -1.80. The molecule has 40 valence electrons. The fourth-order valence-electron chi connectivity index (χ4n) is 0.167. The smallest absolute Gasteiger partial charge is 0.152 e. The largest absolute Gasteiger partial charge is 0.505 e. The summed E-state index contributed by atoms with van der Waals surface area (Å²) < 4.78 is 0. The maximum atomic E-state index is 8.45. The summed E-state index contributed by atoms with van der Waals surface area (Å²) in [6, 6.07) is 0. The molecule has 2 nitrogen and oxygen atoms in total. The normalized spacial score (nSPS) is 11.3. The highest BCUT2D eigenvalue weighted by Gasteiger charge is 1.88. The highest BCUT2D eigenvalue weighted by Crippen LogP contribution is 1.95. The second-order valence-electron chi connectivity index (χ2n) is 1.12. The number of aliphatic hydroxyl groups excluding tert-OH is 2. The van der Waals surface area contributed by atoms with Crippen LogP contribution in [0, 0.1) is 0 Å². The van der Waals surface area contributed by atoms with Crippen LogP contribution >= 0.6 is 0 Å². The molecule has 0 aromatic carbocycles. The van der Waals surface area contributed by atoms with Gasteiger partial charge in [0.25, 0.3) is 0 Å². The van der Waals surface area contributed by atoms with E-state index in [-0.39, 0.29) is 11.5 Å². The van der Waals surface area contributed by atoms with E-state index in [1.165, 1.54) is 6.08 Å². The molecule has 2 N–H and O–H groups in total. The molecule has 0 amide bonds. The molecule has 0 atom stereocenters. The van der Waals surface area contributed by atoms with Gasteiger partial charge >= 0.3 is 0 Å². The van der Waals surface area contributed by atoms with E-state index < -0.39 is 0 Å². The monoisotopic (exact) mass is 100 g/mol. The molecule has 0 rings (SSSR count). The number of aliphatic hydroxyl groups is 2. The zero-order valence-corrected chi connectivity index (χ0v) is 4.18. The van der Waals surface area contributed by atoms with Crippen LogP contribution in [0.3, 0.4) is 0 Å². The van der Waals surface area contributed by atoms with Crippen molar-refractivity contribution in [3.63, 3.8) is 0 Å².